The second-order valence-electron chi connectivity index (χ2n) is 5.70. The Bertz CT molecular complexity index is 886. The van der Waals surface area contributed by atoms with E-state index in [1.807, 2.05) is 31.2 Å². The number of hydrogen-bond donors (Lipinski definition) is 2. The summed E-state index contributed by atoms with van der Waals surface area (Å²) in [6.45, 7) is 2.17. The van der Waals surface area contributed by atoms with Crippen LogP contribution in [0, 0.1) is 6.92 Å². The molecule has 7 heteroatoms. The molecule has 1 fully saturated rings. The van der Waals surface area contributed by atoms with Crippen LogP contribution in [0.3, 0.4) is 0 Å². The first kappa shape index (κ1) is 17.7. The summed E-state index contributed by atoms with van der Waals surface area (Å²) in [6.07, 6.45) is 1.57. The standard InChI is InChI=1S/C18H14Br2N2O3/c1-10-3-2-4-11(5-10)9-22-17(24)15(21-18(22)25)8-12-6-13(19)16(23)14(20)7-12/h2-8,23H,9H2,1H3,(H,21,25)/b15-8+. The van der Waals surface area contributed by atoms with Crippen molar-refractivity contribution in [3.63, 3.8) is 0 Å². The number of benzene rings is 2. The zero-order valence-corrected chi connectivity index (χ0v) is 16.4. The van der Waals surface area contributed by atoms with Gasteiger partial charge in [0, 0.05) is 0 Å². The number of halogens is 2. The summed E-state index contributed by atoms with van der Waals surface area (Å²) in [6, 6.07) is 10.5. The number of aromatic hydroxyl groups is 1. The Hall–Kier alpha value is -2.12. The maximum Gasteiger partial charge on any atom is 0.329 e. The maximum absolute atomic E-state index is 12.5. The van der Waals surface area contributed by atoms with Crippen molar-refractivity contribution in [1.29, 1.82) is 0 Å². The minimum atomic E-state index is -0.449. The highest BCUT2D eigenvalue weighted by molar-refractivity contribution is 9.11. The van der Waals surface area contributed by atoms with Gasteiger partial charge >= 0.3 is 6.03 Å². The van der Waals surface area contributed by atoms with Crippen molar-refractivity contribution in [2.45, 2.75) is 13.5 Å². The normalized spacial score (nSPS) is 15.8. The van der Waals surface area contributed by atoms with Gasteiger partial charge in [0.15, 0.2) is 0 Å². The molecule has 5 nitrogen and oxygen atoms in total. The summed E-state index contributed by atoms with van der Waals surface area (Å²) in [4.78, 5) is 25.9. The number of rotatable bonds is 3. The molecule has 0 aliphatic carbocycles. The smallest absolute Gasteiger partial charge is 0.329 e. The number of aryl methyl sites for hydroxylation is 1. The highest BCUT2D eigenvalue weighted by Crippen LogP contribution is 2.34. The topological polar surface area (TPSA) is 69.6 Å². The zero-order chi connectivity index (χ0) is 18.1. The minimum absolute atomic E-state index is 0.0741. The van der Waals surface area contributed by atoms with E-state index in [0.29, 0.717) is 14.5 Å². The van der Waals surface area contributed by atoms with E-state index in [2.05, 4.69) is 37.2 Å². The molecule has 1 aliphatic rings. The van der Waals surface area contributed by atoms with Crippen molar-refractivity contribution in [3.05, 3.63) is 67.7 Å². The van der Waals surface area contributed by atoms with Crippen LogP contribution in [0.4, 0.5) is 4.79 Å². The van der Waals surface area contributed by atoms with Crippen molar-refractivity contribution in [3.8, 4) is 5.75 Å². The second-order valence-corrected chi connectivity index (χ2v) is 7.41. The molecular formula is C18H14Br2N2O3. The molecule has 2 aromatic rings. The summed E-state index contributed by atoms with van der Waals surface area (Å²) in [5.41, 5.74) is 2.82. The van der Waals surface area contributed by atoms with Crippen LogP contribution < -0.4 is 5.32 Å². The van der Waals surface area contributed by atoms with Gasteiger partial charge in [-0.1, -0.05) is 29.8 Å². The molecule has 0 radical (unpaired) electrons. The van der Waals surface area contributed by atoms with E-state index in [4.69, 9.17) is 0 Å². The van der Waals surface area contributed by atoms with Gasteiger partial charge in [-0.15, -0.1) is 0 Å². The third-order valence-corrected chi connectivity index (χ3v) is 4.94. The van der Waals surface area contributed by atoms with Crippen LogP contribution >= 0.6 is 31.9 Å². The molecule has 0 saturated carbocycles. The van der Waals surface area contributed by atoms with Gasteiger partial charge in [0.25, 0.3) is 5.91 Å². The number of nitrogens with one attached hydrogen (secondary N) is 1. The predicted molar refractivity (Wildman–Crippen MR) is 102 cm³/mol. The van der Waals surface area contributed by atoms with Crippen molar-refractivity contribution in [1.82, 2.24) is 10.2 Å². The first-order valence-electron chi connectivity index (χ1n) is 7.43. The van der Waals surface area contributed by atoms with Crippen LogP contribution in [0.2, 0.25) is 0 Å². The Kier molecular flexibility index (Phi) is 4.96. The van der Waals surface area contributed by atoms with E-state index >= 15 is 0 Å². The molecule has 128 valence electrons. The van der Waals surface area contributed by atoms with Crippen molar-refractivity contribution in [2.24, 2.45) is 0 Å². The first-order valence-corrected chi connectivity index (χ1v) is 9.02. The fourth-order valence-corrected chi connectivity index (χ4v) is 3.77. The number of imide groups is 1. The number of amides is 3. The second kappa shape index (κ2) is 7.01. The molecule has 1 aliphatic heterocycles. The Labute approximate surface area is 161 Å². The van der Waals surface area contributed by atoms with E-state index in [0.717, 1.165) is 11.1 Å². The van der Waals surface area contributed by atoms with Crippen molar-refractivity contribution < 1.29 is 14.7 Å². The van der Waals surface area contributed by atoms with Crippen LogP contribution in [-0.2, 0) is 11.3 Å². The molecular weight excluding hydrogens is 452 g/mol. The van der Waals surface area contributed by atoms with Gasteiger partial charge in [0.05, 0.1) is 15.5 Å². The fraction of sp³-hybridized carbons (Fsp3) is 0.111. The number of carbonyl (C=O) groups excluding carboxylic acids is 2. The van der Waals surface area contributed by atoms with Crippen molar-refractivity contribution >= 4 is 49.9 Å². The van der Waals surface area contributed by atoms with Crippen LogP contribution in [0.5, 0.6) is 5.75 Å². The van der Waals surface area contributed by atoms with E-state index in [-0.39, 0.29) is 23.9 Å². The predicted octanol–water partition coefficient (Wildman–Crippen LogP) is 4.32. The van der Waals surface area contributed by atoms with E-state index < -0.39 is 6.03 Å². The van der Waals surface area contributed by atoms with Crippen LogP contribution in [0.1, 0.15) is 16.7 Å². The lowest BCUT2D eigenvalue weighted by atomic mass is 10.1. The van der Waals surface area contributed by atoms with Gasteiger partial charge in [-0.2, -0.15) is 0 Å². The maximum atomic E-state index is 12.5. The van der Waals surface area contributed by atoms with Crippen LogP contribution in [0.15, 0.2) is 51.0 Å². The quantitative estimate of drug-likeness (QED) is 0.523. The third-order valence-electron chi connectivity index (χ3n) is 3.74. The van der Waals surface area contributed by atoms with Gasteiger partial charge in [0.1, 0.15) is 11.4 Å². The SMILES string of the molecule is Cc1cccc(CN2C(=O)N/C(=C/c3cc(Br)c(O)c(Br)c3)C2=O)c1. The number of nitrogens with zero attached hydrogens (tertiary/aromatic N) is 1. The van der Waals surface area contributed by atoms with Gasteiger partial charge in [-0.05, 0) is 68.1 Å². The van der Waals surface area contributed by atoms with E-state index in [1.54, 1.807) is 18.2 Å². The fourth-order valence-electron chi connectivity index (χ4n) is 2.54. The number of urea groups is 1. The molecule has 2 aromatic carbocycles. The average Bonchev–Trinajstić information content (AvgIpc) is 2.80. The minimum Gasteiger partial charge on any atom is -0.506 e. The molecule has 3 amide bonds. The van der Waals surface area contributed by atoms with Gasteiger partial charge in [-0.25, -0.2) is 4.79 Å². The molecule has 1 heterocycles. The Morgan fingerprint density at radius 1 is 1.16 bits per heavy atom. The summed E-state index contributed by atoms with van der Waals surface area (Å²) in [5, 5.41) is 12.4. The molecule has 0 unspecified atom stereocenters. The molecule has 2 N–H and O–H groups in total. The average molecular weight is 466 g/mol. The van der Waals surface area contributed by atoms with Gasteiger partial charge < -0.3 is 10.4 Å². The van der Waals surface area contributed by atoms with Crippen molar-refractivity contribution in [2.75, 3.05) is 0 Å². The zero-order valence-electron chi connectivity index (χ0n) is 13.2. The summed E-state index contributed by atoms with van der Waals surface area (Å²) >= 11 is 6.49. The molecule has 0 bridgehead atoms. The van der Waals surface area contributed by atoms with Gasteiger partial charge in [-0.3, -0.25) is 9.69 Å². The summed E-state index contributed by atoms with van der Waals surface area (Å²) < 4.78 is 0.976. The van der Waals surface area contributed by atoms with Crippen LogP contribution in [0.25, 0.3) is 6.08 Å². The first-order chi connectivity index (χ1) is 11.8. The Morgan fingerprint density at radius 3 is 2.48 bits per heavy atom. The third kappa shape index (κ3) is 3.77. The highest BCUT2D eigenvalue weighted by atomic mass is 79.9. The van der Waals surface area contributed by atoms with E-state index in [9.17, 15) is 14.7 Å². The molecule has 3 rings (SSSR count). The largest absolute Gasteiger partial charge is 0.506 e. The number of phenolic OH excluding ortho intramolecular Hbond substituents is 1. The van der Waals surface area contributed by atoms with E-state index in [1.165, 1.54) is 4.90 Å². The summed E-state index contributed by atoms with van der Waals surface area (Å²) in [5.74, 6) is -0.308. The molecule has 1 saturated heterocycles. The molecule has 0 spiro atoms. The lowest BCUT2D eigenvalue weighted by molar-refractivity contribution is -0.123. The molecule has 0 atom stereocenters. The lowest BCUT2D eigenvalue weighted by Gasteiger charge is -2.12. The summed E-state index contributed by atoms with van der Waals surface area (Å²) in [7, 11) is 0. The van der Waals surface area contributed by atoms with Crippen LogP contribution in [-0.4, -0.2) is 21.9 Å². The van der Waals surface area contributed by atoms with Gasteiger partial charge in [0.2, 0.25) is 0 Å². The molecule has 25 heavy (non-hydrogen) atoms. The Balaban J connectivity index is 1.86. The highest BCUT2D eigenvalue weighted by Gasteiger charge is 2.33. The lowest BCUT2D eigenvalue weighted by Crippen LogP contribution is -2.30. The number of hydrogen-bond acceptors (Lipinski definition) is 3. The number of carbonyl (C=O) groups is 2. The number of phenols is 1. The molecule has 0 aromatic heterocycles. The monoisotopic (exact) mass is 464 g/mol. The Morgan fingerprint density at radius 2 is 1.84 bits per heavy atom.